The SMILES string of the molecule is CCCCOC(=O)CSc1cc(N(C(=O)C2=C(C(=O)OCCOC)CCCC2)C(=O)c2ccccc2)c(F)cc1Cl. The summed E-state index contributed by atoms with van der Waals surface area (Å²) in [5, 5.41) is 0.0106. The van der Waals surface area contributed by atoms with Gasteiger partial charge in [-0.3, -0.25) is 14.4 Å². The molecule has 2 aromatic carbocycles. The standard InChI is InChI=1S/C30H33ClFNO7S/c1-3-4-14-39-27(34)19-41-26-18-25(24(32)17-23(26)31)33(28(35)20-10-6-5-7-11-20)29(36)21-12-8-9-13-22(21)30(37)40-16-15-38-2/h5-7,10-11,17-18H,3-4,8-9,12-16,19H2,1-2H3. The Morgan fingerprint density at radius 2 is 1.66 bits per heavy atom. The van der Waals surface area contributed by atoms with Crippen molar-refractivity contribution in [1.29, 1.82) is 0 Å². The number of unbranched alkanes of at least 4 members (excludes halogenated alkanes) is 1. The second kappa shape index (κ2) is 16.3. The topological polar surface area (TPSA) is 99.2 Å². The summed E-state index contributed by atoms with van der Waals surface area (Å²) in [5.41, 5.74) is 0.0397. The summed E-state index contributed by atoms with van der Waals surface area (Å²) in [6, 6.07) is 10.2. The Morgan fingerprint density at radius 1 is 0.951 bits per heavy atom. The second-order valence-electron chi connectivity index (χ2n) is 9.20. The van der Waals surface area contributed by atoms with Crippen molar-refractivity contribution in [3.63, 3.8) is 0 Å². The van der Waals surface area contributed by atoms with Crippen LogP contribution in [-0.2, 0) is 28.6 Å². The Labute approximate surface area is 248 Å². The van der Waals surface area contributed by atoms with Crippen LogP contribution >= 0.6 is 23.4 Å². The molecule has 0 aliphatic heterocycles. The molecule has 0 radical (unpaired) electrons. The number of hydrogen-bond acceptors (Lipinski definition) is 8. The number of benzene rings is 2. The minimum atomic E-state index is -0.914. The number of ether oxygens (including phenoxy) is 3. The van der Waals surface area contributed by atoms with E-state index in [0.717, 1.165) is 35.6 Å². The van der Waals surface area contributed by atoms with Gasteiger partial charge in [0, 0.05) is 28.7 Å². The first-order chi connectivity index (χ1) is 19.8. The first kappa shape index (κ1) is 32.3. The number of thioether (sulfide) groups is 1. The third-order valence-electron chi connectivity index (χ3n) is 6.27. The molecule has 1 aliphatic rings. The number of rotatable bonds is 13. The van der Waals surface area contributed by atoms with Gasteiger partial charge >= 0.3 is 11.9 Å². The zero-order valence-electron chi connectivity index (χ0n) is 23.1. The van der Waals surface area contributed by atoms with Gasteiger partial charge in [-0.25, -0.2) is 14.1 Å². The van der Waals surface area contributed by atoms with E-state index in [1.807, 2.05) is 6.92 Å². The number of amides is 2. The molecule has 0 N–H and O–H groups in total. The van der Waals surface area contributed by atoms with E-state index in [4.69, 9.17) is 25.8 Å². The second-order valence-corrected chi connectivity index (χ2v) is 10.6. The highest BCUT2D eigenvalue weighted by molar-refractivity contribution is 8.00. The highest BCUT2D eigenvalue weighted by atomic mass is 35.5. The third kappa shape index (κ3) is 8.89. The number of carbonyl (C=O) groups is 4. The molecule has 3 rings (SSSR count). The van der Waals surface area contributed by atoms with Gasteiger partial charge in [0.15, 0.2) is 0 Å². The minimum Gasteiger partial charge on any atom is -0.465 e. The van der Waals surface area contributed by atoms with Gasteiger partial charge in [-0.05, 0) is 56.4 Å². The smallest absolute Gasteiger partial charge is 0.334 e. The summed E-state index contributed by atoms with van der Waals surface area (Å²) in [5.74, 6) is -3.76. The number of carbonyl (C=O) groups excluding carboxylic acids is 4. The molecule has 0 saturated heterocycles. The summed E-state index contributed by atoms with van der Waals surface area (Å²) >= 11 is 7.29. The molecule has 0 saturated carbocycles. The van der Waals surface area contributed by atoms with Crippen LogP contribution in [0.15, 0.2) is 58.5 Å². The predicted octanol–water partition coefficient (Wildman–Crippen LogP) is 6.15. The van der Waals surface area contributed by atoms with Crippen LogP contribution in [0, 0.1) is 5.82 Å². The molecule has 0 aromatic heterocycles. The molecular weight excluding hydrogens is 573 g/mol. The molecular formula is C30H33ClFNO7S. The first-order valence-electron chi connectivity index (χ1n) is 13.4. The number of halogens is 2. The van der Waals surface area contributed by atoms with Crippen LogP contribution in [0.3, 0.4) is 0 Å². The molecule has 220 valence electrons. The van der Waals surface area contributed by atoms with Gasteiger partial charge in [0.25, 0.3) is 11.8 Å². The Morgan fingerprint density at radius 3 is 2.34 bits per heavy atom. The maximum Gasteiger partial charge on any atom is 0.334 e. The van der Waals surface area contributed by atoms with Gasteiger partial charge < -0.3 is 14.2 Å². The lowest BCUT2D eigenvalue weighted by atomic mass is 9.90. The van der Waals surface area contributed by atoms with Crippen LogP contribution in [0.4, 0.5) is 10.1 Å². The fraction of sp³-hybridized carbons (Fsp3) is 0.400. The van der Waals surface area contributed by atoms with Crippen LogP contribution in [0.2, 0.25) is 5.02 Å². The van der Waals surface area contributed by atoms with Crippen LogP contribution in [0.5, 0.6) is 0 Å². The van der Waals surface area contributed by atoms with Crippen molar-refractivity contribution in [3.8, 4) is 0 Å². The van der Waals surface area contributed by atoms with Crippen molar-refractivity contribution < 1.29 is 37.8 Å². The first-order valence-corrected chi connectivity index (χ1v) is 14.7. The lowest BCUT2D eigenvalue weighted by Crippen LogP contribution is -2.40. The van der Waals surface area contributed by atoms with Gasteiger partial charge in [0.1, 0.15) is 12.4 Å². The van der Waals surface area contributed by atoms with Gasteiger partial charge in [0.2, 0.25) is 0 Å². The molecule has 41 heavy (non-hydrogen) atoms. The number of anilines is 1. The van der Waals surface area contributed by atoms with Gasteiger partial charge in [-0.2, -0.15) is 0 Å². The summed E-state index contributed by atoms with van der Waals surface area (Å²) in [6.45, 7) is 2.45. The van der Waals surface area contributed by atoms with Crippen molar-refractivity contribution in [3.05, 3.63) is 70.0 Å². The van der Waals surface area contributed by atoms with Crippen molar-refractivity contribution in [2.24, 2.45) is 0 Å². The van der Waals surface area contributed by atoms with Crippen LogP contribution < -0.4 is 4.90 Å². The Balaban J connectivity index is 2.02. The fourth-order valence-corrected chi connectivity index (χ4v) is 5.20. The van der Waals surface area contributed by atoms with Gasteiger partial charge in [0.05, 0.1) is 29.7 Å². The zero-order chi connectivity index (χ0) is 29.8. The highest BCUT2D eigenvalue weighted by Crippen LogP contribution is 2.36. The molecule has 0 unspecified atom stereocenters. The fourth-order valence-electron chi connectivity index (χ4n) is 4.14. The van der Waals surface area contributed by atoms with E-state index in [0.29, 0.717) is 12.8 Å². The monoisotopic (exact) mass is 605 g/mol. The number of esters is 2. The molecule has 0 fully saturated rings. The van der Waals surface area contributed by atoms with E-state index in [1.165, 1.54) is 25.3 Å². The van der Waals surface area contributed by atoms with Crippen molar-refractivity contribution in [2.45, 2.75) is 50.3 Å². The van der Waals surface area contributed by atoms with Crippen LogP contribution in [0.1, 0.15) is 55.8 Å². The molecule has 0 bridgehead atoms. The Bertz CT molecular complexity index is 1290. The molecule has 0 spiro atoms. The quantitative estimate of drug-likeness (QED) is 0.116. The number of methoxy groups -OCH3 is 1. The Kier molecular flexibility index (Phi) is 12.8. The Hall–Kier alpha value is -3.21. The lowest BCUT2D eigenvalue weighted by Gasteiger charge is -2.26. The largest absolute Gasteiger partial charge is 0.465 e. The predicted molar refractivity (Wildman–Crippen MR) is 155 cm³/mol. The van der Waals surface area contributed by atoms with Crippen LogP contribution in [0.25, 0.3) is 0 Å². The summed E-state index contributed by atoms with van der Waals surface area (Å²) in [6.07, 6.45) is 3.36. The molecule has 1 aliphatic carbocycles. The average molecular weight is 606 g/mol. The summed E-state index contributed by atoms with van der Waals surface area (Å²) in [7, 11) is 1.47. The molecule has 2 aromatic rings. The van der Waals surface area contributed by atoms with Crippen molar-refractivity contribution in [1.82, 2.24) is 0 Å². The minimum absolute atomic E-state index is 0.000237. The van der Waals surface area contributed by atoms with E-state index in [9.17, 15) is 19.2 Å². The highest BCUT2D eigenvalue weighted by Gasteiger charge is 2.34. The van der Waals surface area contributed by atoms with E-state index in [2.05, 4.69) is 0 Å². The third-order valence-corrected chi connectivity index (χ3v) is 7.72. The van der Waals surface area contributed by atoms with E-state index >= 15 is 4.39 Å². The molecule has 11 heteroatoms. The maximum atomic E-state index is 15.5. The van der Waals surface area contributed by atoms with Crippen LogP contribution in [-0.4, -0.2) is 56.4 Å². The maximum absolute atomic E-state index is 15.5. The van der Waals surface area contributed by atoms with Crippen molar-refractivity contribution >= 4 is 52.8 Å². The van der Waals surface area contributed by atoms with Crippen molar-refractivity contribution in [2.75, 3.05) is 37.6 Å². The van der Waals surface area contributed by atoms with E-state index in [-0.39, 0.29) is 70.7 Å². The zero-order valence-corrected chi connectivity index (χ0v) is 24.7. The lowest BCUT2D eigenvalue weighted by molar-refractivity contribution is -0.141. The average Bonchev–Trinajstić information content (AvgIpc) is 2.98. The van der Waals surface area contributed by atoms with Gasteiger partial charge in [-0.15, -0.1) is 11.8 Å². The molecule has 0 heterocycles. The number of imide groups is 1. The molecule has 8 nitrogen and oxygen atoms in total. The molecule has 0 atom stereocenters. The number of nitrogens with zero attached hydrogens (tertiary/aromatic N) is 1. The summed E-state index contributed by atoms with van der Waals surface area (Å²) in [4.78, 5) is 53.8. The normalized spacial score (nSPS) is 13.1. The van der Waals surface area contributed by atoms with E-state index in [1.54, 1.807) is 18.2 Å². The molecule has 2 amide bonds. The van der Waals surface area contributed by atoms with E-state index < -0.39 is 29.6 Å². The number of hydrogen-bond donors (Lipinski definition) is 0. The van der Waals surface area contributed by atoms with Gasteiger partial charge in [-0.1, -0.05) is 43.1 Å². The summed E-state index contributed by atoms with van der Waals surface area (Å²) < 4.78 is 30.9.